The van der Waals surface area contributed by atoms with Gasteiger partial charge in [-0.2, -0.15) is 0 Å². The number of hydrogen-bond donors (Lipinski definition) is 2. The van der Waals surface area contributed by atoms with Crippen LogP contribution >= 0.6 is 23.4 Å². The van der Waals surface area contributed by atoms with E-state index in [-0.39, 0.29) is 11.8 Å². The second-order valence-electron chi connectivity index (χ2n) is 4.38. The van der Waals surface area contributed by atoms with Crippen LogP contribution in [0, 0.1) is 11.8 Å². The Labute approximate surface area is 120 Å². The molecule has 4 nitrogen and oxygen atoms in total. The van der Waals surface area contributed by atoms with Crippen LogP contribution in [0.15, 0.2) is 29.2 Å². The van der Waals surface area contributed by atoms with Crippen molar-refractivity contribution < 1.29 is 14.7 Å². The first kappa shape index (κ1) is 14.2. The molecule has 1 aliphatic carbocycles. The SMILES string of the molecule is O=C(O)C1CC1C(=O)NCCSc1ccc(Cl)cc1. The summed E-state index contributed by atoms with van der Waals surface area (Å²) in [7, 11) is 0. The zero-order chi connectivity index (χ0) is 13.8. The molecule has 1 aromatic carbocycles. The molecule has 0 radical (unpaired) electrons. The molecule has 2 rings (SSSR count). The molecule has 1 aliphatic rings. The lowest BCUT2D eigenvalue weighted by molar-refractivity contribution is -0.140. The van der Waals surface area contributed by atoms with E-state index >= 15 is 0 Å². The summed E-state index contributed by atoms with van der Waals surface area (Å²) in [4.78, 5) is 23.3. The van der Waals surface area contributed by atoms with Crippen molar-refractivity contribution in [1.82, 2.24) is 5.32 Å². The van der Waals surface area contributed by atoms with E-state index in [0.717, 1.165) is 10.6 Å². The standard InChI is InChI=1S/C13H14ClNO3S/c14-8-1-3-9(4-2-8)19-6-5-15-12(16)10-7-11(10)13(17)18/h1-4,10-11H,5-7H2,(H,15,16)(H,17,18). The van der Waals surface area contributed by atoms with Crippen molar-refractivity contribution >= 4 is 35.2 Å². The summed E-state index contributed by atoms with van der Waals surface area (Å²) in [6, 6.07) is 7.50. The first-order valence-corrected chi connectivity index (χ1v) is 7.33. The minimum atomic E-state index is -0.879. The van der Waals surface area contributed by atoms with Gasteiger partial charge in [-0.3, -0.25) is 9.59 Å². The van der Waals surface area contributed by atoms with Crippen LogP contribution in [-0.4, -0.2) is 29.3 Å². The molecule has 2 unspecified atom stereocenters. The number of carboxylic acid groups (broad SMARTS) is 1. The highest BCUT2D eigenvalue weighted by Gasteiger charge is 2.48. The molecule has 1 fully saturated rings. The van der Waals surface area contributed by atoms with Gasteiger partial charge in [-0.15, -0.1) is 11.8 Å². The minimum absolute atomic E-state index is 0.149. The van der Waals surface area contributed by atoms with Crippen LogP contribution < -0.4 is 5.32 Å². The van der Waals surface area contributed by atoms with Crippen LogP contribution in [0.25, 0.3) is 0 Å². The number of rotatable bonds is 6. The van der Waals surface area contributed by atoms with Gasteiger partial charge >= 0.3 is 5.97 Å². The lowest BCUT2D eigenvalue weighted by Gasteiger charge is -2.04. The highest BCUT2D eigenvalue weighted by molar-refractivity contribution is 7.99. The van der Waals surface area contributed by atoms with E-state index in [1.54, 1.807) is 11.8 Å². The summed E-state index contributed by atoms with van der Waals surface area (Å²) >= 11 is 7.40. The zero-order valence-electron chi connectivity index (χ0n) is 10.1. The smallest absolute Gasteiger partial charge is 0.307 e. The summed E-state index contributed by atoms with van der Waals surface area (Å²) in [6.07, 6.45) is 0.464. The van der Waals surface area contributed by atoms with Crippen LogP contribution in [-0.2, 0) is 9.59 Å². The van der Waals surface area contributed by atoms with Crippen LogP contribution in [0.4, 0.5) is 0 Å². The van der Waals surface area contributed by atoms with Crippen molar-refractivity contribution in [3.05, 3.63) is 29.3 Å². The molecule has 0 saturated heterocycles. The molecule has 2 atom stereocenters. The zero-order valence-corrected chi connectivity index (χ0v) is 11.7. The average Bonchev–Trinajstić information content (AvgIpc) is 3.17. The molecule has 0 heterocycles. The quantitative estimate of drug-likeness (QED) is 0.625. The van der Waals surface area contributed by atoms with E-state index in [1.165, 1.54) is 0 Å². The Hall–Kier alpha value is -1.20. The molecule has 1 aromatic rings. The number of carboxylic acids is 1. The van der Waals surface area contributed by atoms with Crippen molar-refractivity contribution in [2.75, 3.05) is 12.3 Å². The fraction of sp³-hybridized carbons (Fsp3) is 0.385. The predicted octanol–water partition coefficient (Wildman–Crippen LogP) is 2.27. The molecular weight excluding hydrogens is 286 g/mol. The predicted molar refractivity (Wildman–Crippen MR) is 74.4 cm³/mol. The van der Waals surface area contributed by atoms with E-state index in [0.29, 0.717) is 18.0 Å². The molecule has 2 N–H and O–H groups in total. The van der Waals surface area contributed by atoms with Crippen LogP contribution in [0.2, 0.25) is 5.02 Å². The monoisotopic (exact) mass is 299 g/mol. The van der Waals surface area contributed by atoms with Crippen molar-refractivity contribution in [2.24, 2.45) is 11.8 Å². The summed E-state index contributed by atoms with van der Waals surface area (Å²) in [6.45, 7) is 0.537. The van der Waals surface area contributed by atoms with Crippen LogP contribution in [0.1, 0.15) is 6.42 Å². The number of carbonyl (C=O) groups is 2. The maximum absolute atomic E-state index is 11.6. The first-order valence-electron chi connectivity index (χ1n) is 5.97. The van der Waals surface area contributed by atoms with Gasteiger partial charge in [0.05, 0.1) is 11.8 Å². The largest absolute Gasteiger partial charge is 0.481 e. The van der Waals surface area contributed by atoms with Gasteiger partial charge in [0.2, 0.25) is 5.91 Å². The maximum atomic E-state index is 11.6. The van der Waals surface area contributed by atoms with Crippen LogP contribution in [0.5, 0.6) is 0 Å². The second kappa shape index (κ2) is 6.30. The Kier molecular flexibility index (Phi) is 4.71. The number of thioether (sulfide) groups is 1. The number of nitrogens with one attached hydrogen (secondary N) is 1. The van der Waals surface area contributed by atoms with E-state index in [4.69, 9.17) is 16.7 Å². The molecule has 0 aliphatic heterocycles. The van der Waals surface area contributed by atoms with Crippen molar-refractivity contribution in [2.45, 2.75) is 11.3 Å². The number of amides is 1. The number of aliphatic carboxylic acids is 1. The Bertz CT molecular complexity index is 477. The first-order chi connectivity index (χ1) is 9.08. The lowest BCUT2D eigenvalue weighted by Crippen LogP contribution is -2.28. The van der Waals surface area contributed by atoms with Gasteiger partial charge < -0.3 is 10.4 Å². The van der Waals surface area contributed by atoms with E-state index in [9.17, 15) is 9.59 Å². The molecule has 1 saturated carbocycles. The maximum Gasteiger partial charge on any atom is 0.307 e. The third-order valence-electron chi connectivity index (χ3n) is 2.93. The molecule has 1 amide bonds. The van der Waals surface area contributed by atoms with Gasteiger partial charge in [-0.25, -0.2) is 0 Å². The molecular formula is C13H14ClNO3S. The third-order valence-corrected chi connectivity index (χ3v) is 4.19. The topological polar surface area (TPSA) is 66.4 Å². The van der Waals surface area contributed by atoms with Crippen LogP contribution in [0.3, 0.4) is 0 Å². The summed E-state index contributed by atoms with van der Waals surface area (Å²) < 4.78 is 0. The third kappa shape index (κ3) is 4.14. The van der Waals surface area contributed by atoms with Gasteiger partial charge in [0.25, 0.3) is 0 Å². The normalized spacial score (nSPS) is 20.9. The van der Waals surface area contributed by atoms with Crippen molar-refractivity contribution in [3.63, 3.8) is 0 Å². The van der Waals surface area contributed by atoms with Crippen molar-refractivity contribution in [1.29, 1.82) is 0 Å². The molecule has 0 bridgehead atoms. The summed E-state index contributed by atoms with van der Waals surface area (Å²) in [5, 5.41) is 12.2. The summed E-state index contributed by atoms with van der Waals surface area (Å²) in [5.41, 5.74) is 0. The average molecular weight is 300 g/mol. The lowest BCUT2D eigenvalue weighted by atomic mass is 10.3. The van der Waals surface area contributed by atoms with E-state index in [1.807, 2.05) is 24.3 Å². The van der Waals surface area contributed by atoms with Gasteiger partial charge in [-0.1, -0.05) is 11.6 Å². The molecule has 19 heavy (non-hydrogen) atoms. The van der Waals surface area contributed by atoms with Gasteiger partial charge in [0, 0.05) is 22.2 Å². The molecule has 0 aromatic heterocycles. The van der Waals surface area contributed by atoms with Gasteiger partial charge in [-0.05, 0) is 30.7 Å². The minimum Gasteiger partial charge on any atom is -0.481 e. The number of benzene rings is 1. The highest BCUT2D eigenvalue weighted by Crippen LogP contribution is 2.38. The Morgan fingerprint density at radius 1 is 1.32 bits per heavy atom. The van der Waals surface area contributed by atoms with E-state index < -0.39 is 11.9 Å². The van der Waals surface area contributed by atoms with Gasteiger partial charge in [0.1, 0.15) is 0 Å². The summed E-state index contributed by atoms with van der Waals surface area (Å²) in [5.74, 6) is -1.10. The Morgan fingerprint density at radius 3 is 2.58 bits per heavy atom. The fourth-order valence-electron chi connectivity index (χ4n) is 1.76. The second-order valence-corrected chi connectivity index (χ2v) is 5.99. The van der Waals surface area contributed by atoms with Gasteiger partial charge in [0.15, 0.2) is 0 Å². The molecule has 6 heteroatoms. The van der Waals surface area contributed by atoms with Crippen molar-refractivity contribution in [3.8, 4) is 0 Å². The number of halogens is 1. The number of carbonyl (C=O) groups excluding carboxylic acids is 1. The fourth-order valence-corrected chi connectivity index (χ4v) is 2.66. The highest BCUT2D eigenvalue weighted by atomic mass is 35.5. The number of hydrogen-bond acceptors (Lipinski definition) is 3. The van der Waals surface area contributed by atoms with E-state index in [2.05, 4.69) is 5.32 Å². The Morgan fingerprint density at radius 2 is 2.00 bits per heavy atom. The Balaban J connectivity index is 1.63. The molecule has 0 spiro atoms. The molecule has 102 valence electrons.